The smallest absolute Gasteiger partial charge is 0.415 e. The summed E-state index contributed by atoms with van der Waals surface area (Å²) < 4.78 is 23.7. The number of halogens is 3. The van der Waals surface area contributed by atoms with Gasteiger partial charge in [-0.3, -0.25) is 4.90 Å². The van der Waals surface area contributed by atoms with E-state index in [2.05, 4.69) is 0 Å². The summed E-state index contributed by atoms with van der Waals surface area (Å²) in [6.45, 7) is 5.06. The first-order chi connectivity index (χ1) is 10.6. The average Bonchev–Trinajstić information content (AvgIpc) is 2.76. The zero-order valence-corrected chi connectivity index (χ0v) is 14.4. The number of fused-ring (bicyclic) bond motifs is 1. The first-order valence-corrected chi connectivity index (χ1v) is 7.78. The summed E-state index contributed by atoms with van der Waals surface area (Å²) >= 11 is 11.4. The molecule has 1 amide bonds. The van der Waals surface area contributed by atoms with Crippen LogP contribution in [0.25, 0.3) is 0 Å². The van der Waals surface area contributed by atoms with Crippen molar-refractivity contribution in [3.8, 4) is 0 Å². The number of alkyl halides is 1. The number of carbonyl (C=O) groups is 2. The number of anilines is 1. The van der Waals surface area contributed by atoms with Gasteiger partial charge in [0.05, 0.1) is 5.69 Å². The first-order valence-electron chi connectivity index (χ1n) is 6.87. The molecule has 0 radical (unpaired) electrons. The second-order valence-corrected chi connectivity index (χ2v) is 6.65. The highest BCUT2D eigenvalue weighted by Crippen LogP contribution is 2.39. The van der Waals surface area contributed by atoms with Crippen LogP contribution < -0.4 is 4.90 Å². The number of carbonyl (C=O) groups excluding carboxylic acids is 2. The van der Waals surface area contributed by atoms with Gasteiger partial charge in [0.25, 0.3) is 0 Å². The quantitative estimate of drug-likeness (QED) is 0.590. The van der Waals surface area contributed by atoms with E-state index in [9.17, 15) is 14.0 Å². The van der Waals surface area contributed by atoms with Gasteiger partial charge in [-0.25, -0.2) is 14.0 Å². The van der Waals surface area contributed by atoms with Crippen molar-refractivity contribution in [2.24, 2.45) is 0 Å². The fourth-order valence-corrected chi connectivity index (χ4v) is 2.72. The van der Waals surface area contributed by atoms with Crippen LogP contribution in [0.3, 0.4) is 0 Å². The number of hydrogen-bond donors (Lipinski definition) is 0. The minimum atomic E-state index is -1.00. The van der Waals surface area contributed by atoms with E-state index in [1.165, 1.54) is 0 Å². The molecule has 0 saturated heterocycles. The van der Waals surface area contributed by atoms with Gasteiger partial charge >= 0.3 is 12.1 Å². The van der Waals surface area contributed by atoms with Crippen molar-refractivity contribution in [2.45, 2.75) is 38.8 Å². The number of nitrogens with zero attached hydrogens (tertiary/aromatic N) is 1. The van der Waals surface area contributed by atoms with Crippen molar-refractivity contribution < 1.29 is 23.5 Å². The molecule has 0 N–H and O–H groups in total. The van der Waals surface area contributed by atoms with Crippen molar-refractivity contribution in [1.82, 2.24) is 0 Å². The van der Waals surface area contributed by atoms with E-state index in [4.69, 9.17) is 32.7 Å². The monoisotopic (exact) mass is 363 g/mol. The number of ether oxygens (including phenoxy) is 2. The Bertz CT molecular complexity index is 645. The molecule has 0 bridgehead atoms. The van der Waals surface area contributed by atoms with Crippen molar-refractivity contribution in [3.05, 3.63) is 28.5 Å². The van der Waals surface area contributed by atoms with Gasteiger partial charge in [0.1, 0.15) is 17.5 Å². The molecule has 8 heteroatoms. The van der Waals surface area contributed by atoms with Crippen molar-refractivity contribution in [1.29, 1.82) is 0 Å². The van der Waals surface area contributed by atoms with E-state index >= 15 is 0 Å². The van der Waals surface area contributed by atoms with E-state index in [1.807, 2.05) is 0 Å². The van der Waals surface area contributed by atoms with Crippen LogP contribution >= 0.6 is 23.2 Å². The van der Waals surface area contributed by atoms with Crippen LogP contribution in [0.15, 0.2) is 12.1 Å². The van der Waals surface area contributed by atoms with E-state index in [1.54, 1.807) is 20.8 Å². The fraction of sp³-hybridized carbons (Fsp3) is 0.467. The lowest BCUT2D eigenvalue weighted by Gasteiger charge is -2.28. The molecule has 23 heavy (non-hydrogen) atoms. The summed E-state index contributed by atoms with van der Waals surface area (Å²) in [7, 11) is 0. The van der Waals surface area contributed by atoms with Gasteiger partial charge < -0.3 is 9.47 Å². The summed E-state index contributed by atoms with van der Waals surface area (Å²) in [5.74, 6) is -1.33. The molecule has 1 aliphatic rings. The van der Waals surface area contributed by atoms with E-state index in [-0.39, 0.29) is 23.2 Å². The molecule has 0 aromatic heterocycles. The lowest BCUT2D eigenvalue weighted by Crippen LogP contribution is -2.46. The summed E-state index contributed by atoms with van der Waals surface area (Å²) in [6, 6.07) is 0.913. The van der Waals surface area contributed by atoms with Crippen molar-refractivity contribution in [2.75, 3.05) is 11.0 Å². The summed E-state index contributed by atoms with van der Waals surface area (Å²) in [5, 5.41) is 0.134. The minimum Gasteiger partial charge on any atom is -0.448 e. The van der Waals surface area contributed by atoms with Crippen LogP contribution in [0, 0.1) is 5.82 Å². The lowest BCUT2D eigenvalue weighted by atomic mass is 10.1. The maximum absolute atomic E-state index is 13.7. The maximum atomic E-state index is 13.7. The molecule has 2 rings (SSSR count). The van der Waals surface area contributed by atoms with Crippen molar-refractivity contribution in [3.63, 3.8) is 0 Å². The van der Waals surface area contributed by atoms with Crippen LogP contribution in [0.5, 0.6) is 0 Å². The molecule has 0 spiro atoms. The average molecular weight is 364 g/mol. The predicted molar refractivity (Wildman–Crippen MR) is 84.4 cm³/mol. The van der Waals surface area contributed by atoms with Gasteiger partial charge in [0.2, 0.25) is 0 Å². The van der Waals surface area contributed by atoms with Gasteiger partial charge in [-0.05, 0) is 38.5 Å². The third-order valence-corrected chi connectivity index (χ3v) is 3.61. The number of rotatable bonds is 2. The standard InChI is InChI=1S/C15H16Cl2FNO4/c1-15(2,3)23-14(21)19-11-5-8(18)4-10(17)9(11)6-12(19)13(20)22-7-16/h4-5,12H,6-7H2,1-3H3. The topological polar surface area (TPSA) is 55.8 Å². The summed E-state index contributed by atoms with van der Waals surface area (Å²) in [6.07, 6.45) is -0.682. The molecular weight excluding hydrogens is 348 g/mol. The van der Waals surface area contributed by atoms with Gasteiger partial charge in [-0.2, -0.15) is 0 Å². The number of benzene rings is 1. The Morgan fingerprint density at radius 1 is 1.39 bits per heavy atom. The largest absolute Gasteiger partial charge is 0.448 e. The van der Waals surface area contributed by atoms with Gasteiger partial charge in [0.15, 0.2) is 6.07 Å². The van der Waals surface area contributed by atoms with Crippen LogP contribution in [0.1, 0.15) is 26.3 Å². The maximum Gasteiger partial charge on any atom is 0.415 e. The normalized spacial score (nSPS) is 17.0. The van der Waals surface area contributed by atoms with Crippen LogP contribution in [0.4, 0.5) is 14.9 Å². The summed E-state index contributed by atoms with van der Waals surface area (Å²) in [5.41, 5.74) is -0.103. The van der Waals surface area contributed by atoms with Crippen LogP contribution in [-0.2, 0) is 20.7 Å². The van der Waals surface area contributed by atoms with Crippen LogP contribution in [0.2, 0.25) is 5.02 Å². The zero-order chi connectivity index (χ0) is 17.4. The molecule has 1 unspecified atom stereocenters. The SMILES string of the molecule is CC(C)(C)OC(=O)N1c2cc(F)cc(Cl)c2CC1C(=O)OCCl. The minimum absolute atomic E-state index is 0.101. The predicted octanol–water partition coefficient (Wildman–Crippen LogP) is 3.88. The highest BCUT2D eigenvalue weighted by molar-refractivity contribution is 6.32. The molecule has 0 saturated carbocycles. The van der Waals surface area contributed by atoms with Gasteiger partial charge in [-0.1, -0.05) is 23.2 Å². The first kappa shape index (κ1) is 17.8. The Labute approximate surface area is 143 Å². The molecule has 1 aliphatic heterocycles. The zero-order valence-electron chi connectivity index (χ0n) is 12.9. The molecule has 1 heterocycles. The number of esters is 1. The highest BCUT2D eigenvalue weighted by atomic mass is 35.5. The molecule has 0 aliphatic carbocycles. The Morgan fingerprint density at radius 3 is 2.61 bits per heavy atom. The Hall–Kier alpha value is -1.53. The molecule has 1 atom stereocenters. The van der Waals surface area contributed by atoms with E-state index < -0.39 is 29.5 Å². The number of hydrogen-bond acceptors (Lipinski definition) is 4. The Morgan fingerprint density at radius 2 is 2.04 bits per heavy atom. The van der Waals surface area contributed by atoms with Gasteiger partial charge in [-0.15, -0.1) is 0 Å². The van der Waals surface area contributed by atoms with E-state index in [0.29, 0.717) is 5.56 Å². The molecule has 1 aromatic rings. The number of amides is 1. The highest BCUT2D eigenvalue weighted by Gasteiger charge is 2.42. The Balaban J connectivity index is 2.44. The third-order valence-electron chi connectivity index (χ3n) is 3.16. The van der Waals surface area contributed by atoms with E-state index in [0.717, 1.165) is 17.0 Å². The molecular formula is C15H16Cl2FNO4. The van der Waals surface area contributed by atoms with Crippen LogP contribution in [-0.4, -0.2) is 29.8 Å². The lowest BCUT2D eigenvalue weighted by molar-refractivity contribution is -0.143. The van der Waals surface area contributed by atoms with Crippen molar-refractivity contribution >= 4 is 41.0 Å². The van der Waals surface area contributed by atoms with Gasteiger partial charge in [0, 0.05) is 11.4 Å². The second kappa shape index (κ2) is 6.53. The third kappa shape index (κ3) is 3.87. The second-order valence-electron chi connectivity index (χ2n) is 6.03. The summed E-state index contributed by atoms with van der Waals surface area (Å²) in [4.78, 5) is 25.6. The molecule has 126 valence electrons. The molecule has 5 nitrogen and oxygen atoms in total. The molecule has 1 aromatic carbocycles. The fourth-order valence-electron chi connectivity index (χ4n) is 2.33. The molecule has 0 fully saturated rings. The Kier molecular flexibility index (Phi) is 5.06.